The first kappa shape index (κ1) is 33.7. The van der Waals surface area contributed by atoms with E-state index < -0.39 is 23.4 Å². The molecule has 0 fully saturated rings. The average Bonchev–Trinajstić information content (AvgIpc) is 3.75. The predicted octanol–water partition coefficient (Wildman–Crippen LogP) is 5.34. The number of primary amides is 2. The molecule has 254 valence electrons. The second-order valence-corrected chi connectivity index (χ2v) is 13.4. The molecular formula is C31H21Br2F2IN10O4. The Morgan fingerprint density at radius 2 is 1.44 bits per heavy atom. The van der Waals surface area contributed by atoms with Gasteiger partial charge >= 0.3 is 0 Å². The lowest BCUT2D eigenvalue weighted by Crippen LogP contribution is -2.15. The standard InChI is InChI=1S/C19H13BrFN7O2.C12H8BrFIN3O2/c20-11-6-10-13(7-12(11)21)30-5-4-28-15(14(16(22)29)24-19(10)28)18-25-17(26-27-18)9-2-1-3-23-8-9;13-6-3-5-8(4-7(6)14)20-2-1-18-10(15)9(11(16)19)17-12(5)18/h1-3,6-8H,4-5H2,(H2,22,29)(H,25,26,27);3-4H,1-2H2,(H2,16,19). The van der Waals surface area contributed by atoms with Crippen molar-refractivity contribution in [2.24, 2.45) is 11.5 Å². The van der Waals surface area contributed by atoms with Crippen LogP contribution < -0.4 is 20.9 Å². The van der Waals surface area contributed by atoms with Crippen molar-refractivity contribution in [1.29, 1.82) is 0 Å². The molecule has 2 aliphatic rings. The van der Waals surface area contributed by atoms with Crippen molar-refractivity contribution in [2.75, 3.05) is 13.2 Å². The third-order valence-corrected chi connectivity index (χ3v) is 9.95. The fraction of sp³-hybridized carbons (Fsp3) is 0.129. The van der Waals surface area contributed by atoms with Gasteiger partial charge in [-0.3, -0.25) is 19.7 Å². The number of hydrogen-bond acceptors (Lipinski definition) is 9. The second-order valence-electron chi connectivity index (χ2n) is 10.7. The van der Waals surface area contributed by atoms with Crippen molar-refractivity contribution in [3.8, 4) is 57.2 Å². The molecule has 50 heavy (non-hydrogen) atoms. The number of carbonyl (C=O) groups excluding carboxylic acids is 2. The number of aromatic amines is 1. The summed E-state index contributed by atoms with van der Waals surface area (Å²) in [6.07, 6.45) is 3.28. The van der Waals surface area contributed by atoms with Crippen molar-refractivity contribution >= 4 is 66.3 Å². The van der Waals surface area contributed by atoms with Crippen LogP contribution in [0.3, 0.4) is 0 Å². The Morgan fingerprint density at radius 3 is 2.02 bits per heavy atom. The summed E-state index contributed by atoms with van der Waals surface area (Å²) >= 11 is 8.36. The van der Waals surface area contributed by atoms with Gasteiger partial charge in [0.1, 0.15) is 57.4 Å². The second kappa shape index (κ2) is 13.5. The van der Waals surface area contributed by atoms with Gasteiger partial charge in [-0.2, -0.15) is 5.10 Å². The Labute approximate surface area is 311 Å². The van der Waals surface area contributed by atoms with E-state index in [0.29, 0.717) is 85.1 Å². The van der Waals surface area contributed by atoms with Crippen LogP contribution >= 0.6 is 54.5 Å². The van der Waals surface area contributed by atoms with Crippen LogP contribution in [0.15, 0.2) is 57.7 Å². The molecule has 0 saturated heterocycles. The number of aromatic nitrogens is 8. The molecule has 6 aromatic rings. The average molecular weight is 922 g/mol. The Morgan fingerprint density at radius 1 is 0.860 bits per heavy atom. The van der Waals surface area contributed by atoms with E-state index in [2.05, 4.69) is 62.0 Å². The van der Waals surface area contributed by atoms with E-state index in [1.54, 1.807) is 35.2 Å². The summed E-state index contributed by atoms with van der Waals surface area (Å²) in [7, 11) is 0. The highest BCUT2D eigenvalue weighted by Crippen LogP contribution is 2.39. The minimum Gasteiger partial charge on any atom is -0.491 e. The molecule has 2 aromatic carbocycles. The van der Waals surface area contributed by atoms with Crippen LogP contribution in [0.4, 0.5) is 8.78 Å². The molecule has 14 nitrogen and oxygen atoms in total. The summed E-state index contributed by atoms with van der Waals surface area (Å²) in [5, 5.41) is 7.08. The topological polar surface area (TPSA) is 195 Å². The number of fused-ring (bicyclic) bond motifs is 6. The van der Waals surface area contributed by atoms with E-state index in [-0.39, 0.29) is 22.5 Å². The van der Waals surface area contributed by atoms with E-state index in [4.69, 9.17) is 20.9 Å². The molecule has 0 radical (unpaired) electrons. The summed E-state index contributed by atoms with van der Waals surface area (Å²) in [5.74, 6) is 0.284. The number of nitrogens with two attached hydrogens (primary N) is 2. The highest BCUT2D eigenvalue weighted by Gasteiger charge is 2.30. The Hall–Kier alpha value is -4.76. The number of benzene rings is 2. The molecule has 2 aliphatic heterocycles. The van der Waals surface area contributed by atoms with Gasteiger partial charge in [-0.05, 0) is 78.7 Å². The lowest BCUT2D eigenvalue weighted by molar-refractivity contribution is 0.0987. The van der Waals surface area contributed by atoms with Gasteiger partial charge in [-0.1, -0.05) is 0 Å². The van der Waals surface area contributed by atoms with Gasteiger partial charge in [0, 0.05) is 30.1 Å². The monoisotopic (exact) mass is 920 g/mol. The van der Waals surface area contributed by atoms with Gasteiger partial charge in [0.2, 0.25) is 0 Å². The van der Waals surface area contributed by atoms with Crippen molar-refractivity contribution in [3.63, 3.8) is 0 Å². The molecule has 0 saturated carbocycles. The molecule has 4 aromatic heterocycles. The first-order chi connectivity index (χ1) is 24.0. The Bertz CT molecular complexity index is 2330. The van der Waals surface area contributed by atoms with Gasteiger partial charge in [0.05, 0.1) is 33.2 Å². The maximum absolute atomic E-state index is 14.0. The Balaban J connectivity index is 0.000000170. The van der Waals surface area contributed by atoms with Crippen LogP contribution in [0.1, 0.15) is 21.0 Å². The molecule has 0 spiro atoms. The molecule has 6 heterocycles. The fourth-order valence-electron chi connectivity index (χ4n) is 5.42. The molecule has 5 N–H and O–H groups in total. The van der Waals surface area contributed by atoms with Crippen LogP contribution in [0.25, 0.3) is 45.7 Å². The van der Waals surface area contributed by atoms with E-state index in [1.807, 2.05) is 33.2 Å². The van der Waals surface area contributed by atoms with Gasteiger partial charge in [-0.25, -0.2) is 23.7 Å². The number of nitrogens with zero attached hydrogens (tertiary/aromatic N) is 7. The van der Waals surface area contributed by atoms with Crippen LogP contribution in [-0.2, 0) is 13.1 Å². The van der Waals surface area contributed by atoms with E-state index >= 15 is 0 Å². The smallest absolute Gasteiger partial charge is 0.270 e. The first-order valence-corrected chi connectivity index (χ1v) is 17.2. The summed E-state index contributed by atoms with van der Waals surface area (Å²) < 4.78 is 43.7. The van der Waals surface area contributed by atoms with E-state index in [9.17, 15) is 18.4 Å². The highest BCUT2D eigenvalue weighted by atomic mass is 127. The SMILES string of the molecule is NC(=O)c1nc2n(c1-c1nc(-c3cccnc3)n[nH]1)CCOc1cc(F)c(Br)cc1-2.NC(=O)c1nc2n(c1I)CCOc1cc(F)c(Br)cc1-2. The zero-order chi connectivity index (χ0) is 35.3. The third-order valence-electron chi connectivity index (χ3n) is 7.64. The number of pyridine rings is 1. The van der Waals surface area contributed by atoms with Crippen molar-refractivity contribution in [1.82, 2.24) is 39.3 Å². The number of halogens is 5. The number of imidazole rings is 2. The summed E-state index contributed by atoms with van der Waals surface area (Å²) in [6.45, 7) is 1.47. The maximum atomic E-state index is 14.0. The van der Waals surface area contributed by atoms with Gasteiger partial charge < -0.3 is 30.1 Å². The number of rotatable bonds is 4. The highest BCUT2D eigenvalue weighted by molar-refractivity contribution is 14.1. The quantitative estimate of drug-likeness (QED) is 0.196. The summed E-state index contributed by atoms with van der Waals surface area (Å²) in [4.78, 5) is 40.9. The van der Waals surface area contributed by atoms with Crippen molar-refractivity contribution in [2.45, 2.75) is 13.1 Å². The van der Waals surface area contributed by atoms with Gasteiger partial charge in [-0.15, -0.1) is 0 Å². The predicted molar refractivity (Wildman–Crippen MR) is 190 cm³/mol. The number of hydrogen-bond donors (Lipinski definition) is 3. The summed E-state index contributed by atoms with van der Waals surface area (Å²) in [5.41, 5.74) is 13.4. The number of amides is 2. The molecule has 19 heteroatoms. The Kier molecular flexibility index (Phi) is 9.11. The van der Waals surface area contributed by atoms with Crippen LogP contribution in [0.2, 0.25) is 0 Å². The molecule has 8 rings (SSSR count). The van der Waals surface area contributed by atoms with E-state index in [1.165, 1.54) is 12.1 Å². The molecule has 0 unspecified atom stereocenters. The molecule has 2 amide bonds. The van der Waals surface area contributed by atoms with Gasteiger partial charge in [0.15, 0.2) is 23.0 Å². The number of nitrogens with one attached hydrogen (secondary N) is 1. The number of ether oxygens (including phenoxy) is 2. The number of H-pyrrole nitrogens is 1. The van der Waals surface area contributed by atoms with Crippen LogP contribution in [0.5, 0.6) is 11.5 Å². The minimum absolute atomic E-state index is 0.0344. The van der Waals surface area contributed by atoms with Crippen LogP contribution in [0, 0.1) is 15.3 Å². The maximum Gasteiger partial charge on any atom is 0.270 e. The largest absolute Gasteiger partial charge is 0.491 e. The molecule has 0 bridgehead atoms. The molecule has 0 atom stereocenters. The lowest BCUT2D eigenvalue weighted by atomic mass is 10.2. The van der Waals surface area contributed by atoms with Crippen molar-refractivity contribution < 1.29 is 27.8 Å². The lowest BCUT2D eigenvalue weighted by Gasteiger charge is -2.07. The minimum atomic E-state index is -0.714. The zero-order valence-electron chi connectivity index (χ0n) is 25.3. The third kappa shape index (κ3) is 6.12. The molecular weight excluding hydrogens is 901 g/mol. The van der Waals surface area contributed by atoms with Crippen LogP contribution in [-0.4, -0.2) is 64.3 Å². The van der Waals surface area contributed by atoms with Gasteiger partial charge in [0.25, 0.3) is 11.8 Å². The normalized spacial score (nSPS) is 12.8. The van der Waals surface area contributed by atoms with E-state index in [0.717, 1.165) is 0 Å². The molecule has 0 aliphatic carbocycles. The van der Waals surface area contributed by atoms with Crippen molar-refractivity contribution in [3.05, 3.63) is 84.5 Å². The first-order valence-electron chi connectivity index (χ1n) is 14.6. The zero-order valence-corrected chi connectivity index (χ0v) is 30.6. The fourth-order valence-corrected chi connectivity index (χ4v) is 6.96. The number of carbonyl (C=O) groups is 2. The summed E-state index contributed by atoms with van der Waals surface area (Å²) in [6, 6.07) is 9.34.